The predicted octanol–water partition coefficient (Wildman–Crippen LogP) is 3.72. The second-order valence-corrected chi connectivity index (χ2v) is 6.21. The van der Waals surface area contributed by atoms with Gasteiger partial charge in [0.05, 0.1) is 0 Å². The van der Waals surface area contributed by atoms with Gasteiger partial charge in [-0.1, -0.05) is 39.0 Å². The lowest BCUT2D eigenvalue weighted by Crippen LogP contribution is -2.39. The number of halogens is 1. The minimum atomic E-state index is -0.783. The van der Waals surface area contributed by atoms with Crippen molar-refractivity contribution in [1.29, 1.82) is 0 Å². The maximum absolute atomic E-state index is 11.7. The molecule has 0 saturated carbocycles. The van der Waals surface area contributed by atoms with E-state index in [0.717, 1.165) is 12.8 Å². The van der Waals surface area contributed by atoms with Crippen LogP contribution in [0.5, 0.6) is 0 Å². The lowest BCUT2D eigenvalue weighted by Gasteiger charge is -2.25. The summed E-state index contributed by atoms with van der Waals surface area (Å²) in [5.74, 6) is -0.475. The molecule has 0 N–H and O–H groups in total. The molecular weight excluding hydrogens is 387 g/mol. The summed E-state index contributed by atoms with van der Waals surface area (Å²) in [6.45, 7) is 2.53. The van der Waals surface area contributed by atoms with Gasteiger partial charge in [0.15, 0.2) is 5.60 Å². The Labute approximate surface area is 140 Å². The van der Waals surface area contributed by atoms with Crippen LogP contribution in [0.1, 0.15) is 64.7 Å². The number of rotatable bonds is 11. The van der Waals surface area contributed by atoms with Crippen LogP contribution < -0.4 is 0 Å². The van der Waals surface area contributed by atoms with Gasteiger partial charge in [-0.25, -0.2) is 0 Å². The molecule has 0 spiro atoms. The Bertz CT molecular complexity index is 334. The molecule has 0 aromatic rings. The average molecular weight is 412 g/mol. The largest absolute Gasteiger partial charge is 0.461 e. The Morgan fingerprint density at radius 3 is 2.57 bits per heavy atom. The first-order valence-electron chi connectivity index (χ1n) is 7.73. The summed E-state index contributed by atoms with van der Waals surface area (Å²) in [5, 5.41) is 0. The van der Waals surface area contributed by atoms with Crippen LogP contribution in [0, 0.1) is 0 Å². The summed E-state index contributed by atoms with van der Waals surface area (Å²) in [6, 6.07) is 0. The molecule has 1 unspecified atom stereocenters. The van der Waals surface area contributed by atoms with E-state index in [9.17, 15) is 9.59 Å². The van der Waals surface area contributed by atoms with Crippen LogP contribution in [-0.4, -0.2) is 30.8 Å². The third-order valence-corrected chi connectivity index (χ3v) is 3.97. The van der Waals surface area contributed by atoms with Crippen molar-refractivity contribution in [1.82, 2.24) is 0 Å². The van der Waals surface area contributed by atoms with Gasteiger partial charge < -0.3 is 12.5 Å². The molecule has 0 aliphatic carbocycles. The van der Waals surface area contributed by atoms with E-state index in [2.05, 4.69) is 6.92 Å². The first-order chi connectivity index (χ1) is 10.1. The van der Waals surface area contributed by atoms with Crippen molar-refractivity contribution >= 4 is 34.9 Å². The molecule has 0 bridgehead atoms. The first kappa shape index (κ1) is 18.7. The Kier molecular flexibility index (Phi) is 9.23. The van der Waals surface area contributed by atoms with Gasteiger partial charge in [0.2, 0.25) is 0 Å². The van der Waals surface area contributed by atoms with E-state index in [1.54, 1.807) is 23.0 Å². The van der Waals surface area contributed by atoms with Crippen LogP contribution in [0.4, 0.5) is 0 Å². The molecule has 1 atom stereocenters. The Hall–Kier alpha value is -0.370. The van der Waals surface area contributed by atoms with Crippen molar-refractivity contribution in [2.45, 2.75) is 70.3 Å². The first-order valence-corrected chi connectivity index (χ1v) is 8.61. The highest BCUT2D eigenvalue weighted by Crippen LogP contribution is 2.28. The summed E-state index contributed by atoms with van der Waals surface area (Å²) in [4.78, 5) is 23.0. The molecule has 0 aromatic carbocycles. The maximum Gasteiger partial charge on any atom is 0.306 e. The molecule has 1 rings (SSSR count). The summed E-state index contributed by atoms with van der Waals surface area (Å²) in [7, 11) is 0. The number of cyclic esters (lactones) is 1. The topological polar surface area (TPSA) is 61.8 Å². The van der Waals surface area contributed by atoms with E-state index in [4.69, 9.17) is 12.5 Å². The van der Waals surface area contributed by atoms with Crippen molar-refractivity contribution in [3.8, 4) is 0 Å². The van der Waals surface area contributed by atoms with Crippen molar-refractivity contribution < 1.29 is 22.1 Å². The molecule has 122 valence electrons. The molecule has 1 saturated heterocycles. The van der Waals surface area contributed by atoms with Gasteiger partial charge in [0.1, 0.15) is 36.2 Å². The van der Waals surface area contributed by atoms with Crippen LogP contribution in [0.2, 0.25) is 0 Å². The van der Waals surface area contributed by atoms with Crippen LogP contribution in [-0.2, 0) is 22.1 Å². The van der Waals surface area contributed by atoms with Gasteiger partial charge in [0, 0.05) is 19.3 Å². The standard InChI is InChI=1S/C15H25IO5/c1-2-3-4-5-6-7-8-13(17)19-11-15(12-20-16)10-9-14(18)21-15/h2-12H2,1H3. The highest BCUT2D eigenvalue weighted by atomic mass is 127. The fourth-order valence-corrected chi connectivity index (χ4v) is 2.92. The van der Waals surface area contributed by atoms with E-state index in [1.807, 2.05) is 0 Å². The highest BCUT2D eigenvalue weighted by molar-refractivity contribution is 14.1. The number of esters is 2. The second-order valence-electron chi connectivity index (χ2n) is 5.59. The summed E-state index contributed by atoms with van der Waals surface area (Å²) in [5.41, 5.74) is -0.783. The van der Waals surface area contributed by atoms with Gasteiger partial charge in [-0.3, -0.25) is 9.59 Å². The maximum atomic E-state index is 11.7. The summed E-state index contributed by atoms with van der Waals surface area (Å²) >= 11 is 1.76. The fourth-order valence-electron chi connectivity index (χ4n) is 2.35. The Balaban J connectivity index is 2.17. The van der Waals surface area contributed by atoms with Gasteiger partial charge in [-0.15, -0.1) is 0 Å². The third-order valence-electron chi connectivity index (χ3n) is 3.66. The van der Waals surface area contributed by atoms with Gasteiger partial charge >= 0.3 is 11.9 Å². The number of ether oxygens (including phenoxy) is 2. The van der Waals surface area contributed by atoms with Crippen molar-refractivity contribution in [2.24, 2.45) is 0 Å². The number of unbranched alkanes of at least 4 members (excludes halogenated alkanes) is 5. The van der Waals surface area contributed by atoms with Crippen LogP contribution in [0.3, 0.4) is 0 Å². The number of hydrogen-bond acceptors (Lipinski definition) is 5. The molecular formula is C15H25IO5. The molecule has 0 aromatic heterocycles. The Morgan fingerprint density at radius 2 is 1.95 bits per heavy atom. The minimum absolute atomic E-state index is 0.0937. The monoisotopic (exact) mass is 412 g/mol. The van der Waals surface area contributed by atoms with E-state index < -0.39 is 5.60 Å². The minimum Gasteiger partial charge on any atom is -0.461 e. The molecule has 21 heavy (non-hydrogen) atoms. The SMILES string of the molecule is CCCCCCCCC(=O)OCC1(COI)CCC(=O)O1. The average Bonchev–Trinajstić information content (AvgIpc) is 2.83. The lowest BCUT2D eigenvalue weighted by atomic mass is 10.0. The van der Waals surface area contributed by atoms with Crippen molar-refractivity contribution in [3.63, 3.8) is 0 Å². The van der Waals surface area contributed by atoms with E-state index in [1.165, 1.54) is 25.7 Å². The molecule has 6 heteroatoms. The summed E-state index contributed by atoms with van der Waals surface area (Å²) < 4.78 is 15.6. The molecule has 1 fully saturated rings. The van der Waals surface area contributed by atoms with E-state index in [-0.39, 0.29) is 25.2 Å². The van der Waals surface area contributed by atoms with Crippen molar-refractivity contribution in [2.75, 3.05) is 13.2 Å². The Morgan fingerprint density at radius 1 is 1.24 bits per heavy atom. The van der Waals surface area contributed by atoms with Crippen LogP contribution in [0.15, 0.2) is 0 Å². The lowest BCUT2D eigenvalue weighted by molar-refractivity contribution is -0.165. The van der Waals surface area contributed by atoms with Gasteiger partial charge in [-0.05, 0) is 6.42 Å². The number of hydrogen-bond donors (Lipinski definition) is 0. The zero-order chi connectivity index (χ0) is 15.6. The second kappa shape index (κ2) is 10.4. The molecule has 1 aliphatic heterocycles. The van der Waals surface area contributed by atoms with Crippen LogP contribution >= 0.6 is 23.0 Å². The molecule has 1 aliphatic rings. The summed E-state index contributed by atoms with van der Waals surface area (Å²) in [6.07, 6.45) is 8.14. The quantitative estimate of drug-likeness (QED) is 0.294. The normalized spacial score (nSPS) is 21.3. The van der Waals surface area contributed by atoms with Crippen molar-refractivity contribution in [3.05, 3.63) is 0 Å². The van der Waals surface area contributed by atoms with E-state index in [0.29, 0.717) is 19.3 Å². The molecule has 1 heterocycles. The zero-order valence-corrected chi connectivity index (χ0v) is 14.9. The van der Waals surface area contributed by atoms with Gasteiger partial charge in [0.25, 0.3) is 0 Å². The molecule has 5 nitrogen and oxygen atoms in total. The highest BCUT2D eigenvalue weighted by Gasteiger charge is 2.42. The fraction of sp³-hybridized carbons (Fsp3) is 0.867. The molecule has 0 radical (unpaired) electrons. The third kappa shape index (κ3) is 7.44. The smallest absolute Gasteiger partial charge is 0.306 e. The zero-order valence-electron chi connectivity index (χ0n) is 12.7. The number of carbonyl (C=O) groups is 2. The van der Waals surface area contributed by atoms with E-state index >= 15 is 0 Å². The number of carbonyl (C=O) groups excluding carboxylic acids is 2. The molecule has 0 amide bonds. The van der Waals surface area contributed by atoms with Gasteiger partial charge in [-0.2, -0.15) is 0 Å². The predicted molar refractivity (Wildman–Crippen MR) is 87.0 cm³/mol. The van der Waals surface area contributed by atoms with Crippen LogP contribution in [0.25, 0.3) is 0 Å².